The molecule has 0 atom stereocenters. The van der Waals surface area contributed by atoms with Gasteiger partial charge in [-0.3, -0.25) is 15.0 Å². The number of anilines is 1. The molecule has 1 saturated heterocycles. The van der Waals surface area contributed by atoms with Crippen molar-refractivity contribution in [2.45, 2.75) is 0 Å². The predicted molar refractivity (Wildman–Crippen MR) is 79.4 cm³/mol. The van der Waals surface area contributed by atoms with E-state index in [1.165, 1.54) is 16.3 Å². The van der Waals surface area contributed by atoms with Crippen molar-refractivity contribution >= 4 is 46.5 Å². The summed E-state index contributed by atoms with van der Waals surface area (Å²) in [5.74, 6) is -0.797. The van der Waals surface area contributed by atoms with Gasteiger partial charge in [0.2, 0.25) is 0 Å². The van der Waals surface area contributed by atoms with Crippen molar-refractivity contribution in [1.29, 1.82) is 0 Å². The van der Waals surface area contributed by atoms with Crippen LogP contribution in [0.4, 0.5) is 5.69 Å². The van der Waals surface area contributed by atoms with Crippen LogP contribution in [0.1, 0.15) is 4.88 Å². The Balaban J connectivity index is 1.95. The number of carbonyl (C=O) groups excluding carboxylic acids is 2. The van der Waals surface area contributed by atoms with Crippen LogP contribution in [0.3, 0.4) is 0 Å². The lowest BCUT2D eigenvalue weighted by Gasteiger charge is -2.14. The lowest BCUT2D eigenvalue weighted by atomic mass is 10.2. The fraction of sp³-hybridized carbons (Fsp3) is 0. The lowest BCUT2D eigenvalue weighted by Crippen LogP contribution is -2.35. The summed E-state index contributed by atoms with van der Waals surface area (Å²) in [6.07, 6.45) is 1.59. The average Bonchev–Trinajstić information content (AvgIpc) is 3.02. The van der Waals surface area contributed by atoms with Crippen LogP contribution in [0.25, 0.3) is 6.08 Å². The Hall–Kier alpha value is -2.11. The molecule has 2 heterocycles. The first kappa shape index (κ1) is 12.9. The number of nitrogens with one attached hydrogen (secondary N) is 1. The Morgan fingerprint density at radius 2 is 2.05 bits per heavy atom. The van der Waals surface area contributed by atoms with Gasteiger partial charge in [0.25, 0.3) is 11.8 Å². The van der Waals surface area contributed by atoms with Crippen molar-refractivity contribution in [3.63, 3.8) is 0 Å². The van der Waals surface area contributed by atoms with E-state index in [-0.39, 0.29) is 11.5 Å². The van der Waals surface area contributed by atoms with Gasteiger partial charge in [0.15, 0.2) is 0 Å². The number of halogens is 1. The molecule has 1 aliphatic heterocycles. The van der Waals surface area contributed by atoms with Gasteiger partial charge in [-0.1, -0.05) is 23.7 Å². The molecule has 1 aliphatic rings. The van der Waals surface area contributed by atoms with Gasteiger partial charge < -0.3 is 0 Å². The van der Waals surface area contributed by atoms with Crippen LogP contribution in [0.5, 0.6) is 0 Å². The number of amides is 2. The van der Waals surface area contributed by atoms with Crippen LogP contribution in [-0.2, 0) is 9.59 Å². The molecule has 6 heteroatoms. The highest BCUT2D eigenvalue weighted by molar-refractivity contribution is 7.10. The Kier molecular flexibility index (Phi) is 3.30. The SMILES string of the molecule is O=C1NN(c2cccc(Cl)c2)C(=O)/C1=C/c1cccs1. The van der Waals surface area contributed by atoms with Crippen LogP contribution in [0, 0.1) is 0 Å². The Morgan fingerprint density at radius 1 is 1.20 bits per heavy atom. The highest BCUT2D eigenvalue weighted by Gasteiger charge is 2.34. The van der Waals surface area contributed by atoms with E-state index in [1.54, 1.807) is 30.3 Å². The third-order valence-corrected chi connectivity index (χ3v) is 3.84. The second-order valence-electron chi connectivity index (χ2n) is 4.13. The number of rotatable bonds is 2. The van der Waals surface area contributed by atoms with E-state index >= 15 is 0 Å². The highest BCUT2D eigenvalue weighted by Crippen LogP contribution is 2.24. The molecule has 0 spiro atoms. The number of carbonyl (C=O) groups is 2. The fourth-order valence-electron chi connectivity index (χ4n) is 1.87. The first-order valence-electron chi connectivity index (χ1n) is 5.81. The zero-order chi connectivity index (χ0) is 14.1. The molecule has 0 radical (unpaired) electrons. The molecule has 0 saturated carbocycles. The minimum Gasteiger partial charge on any atom is -0.267 e. The van der Waals surface area contributed by atoms with Crippen LogP contribution in [-0.4, -0.2) is 11.8 Å². The zero-order valence-corrected chi connectivity index (χ0v) is 11.7. The monoisotopic (exact) mass is 304 g/mol. The van der Waals surface area contributed by atoms with Gasteiger partial charge in [-0.05, 0) is 35.7 Å². The summed E-state index contributed by atoms with van der Waals surface area (Å²) < 4.78 is 0. The van der Waals surface area contributed by atoms with E-state index in [2.05, 4.69) is 5.43 Å². The Morgan fingerprint density at radius 3 is 2.75 bits per heavy atom. The van der Waals surface area contributed by atoms with E-state index in [0.717, 1.165) is 4.88 Å². The second kappa shape index (κ2) is 5.11. The van der Waals surface area contributed by atoms with Crippen LogP contribution in [0.15, 0.2) is 47.4 Å². The van der Waals surface area contributed by atoms with Gasteiger partial charge in [-0.15, -0.1) is 11.3 Å². The first-order chi connectivity index (χ1) is 9.65. The molecule has 3 rings (SSSR count). The van der Waals surface area contributed by atoms with Gasteiger partial charge in [-0.25, -0.2) is 5.01 Å². The van der Waals surface area contributed by atoms with Crippen molar-refractivity contribution in [3.05, 3.63) is 57.3 Å². The quantitative estimate of drug-likeness (QED) is 0.685. The maximum Gasteiger partial charge on any atom is 0.282 e. The third kappa shape index (κ3) is 2.33. The zero-order valence-electron chi connectivity index (χ0n) is 10.2. The minimum absolute atomic E-state index is 0.118. The smallest absolute Gasteiger partial charge is 0.267 e. The molecule has 1 aromatic carbocycles. The van der Waals surface area contributed by atoms with Crippen LogP contribution >= 0.6 is 22.9 Å². The van der Waals surface area contributed by atoms with Crippen molar-refractivity contribution < 1.29 is 9.59 Å². The Bertz CT molecular complexity index is 710. The van der Waals surface area contributed by atoms with E-state index in [4.69, 9.17) is 11.6 Å². The highest BCUT2D eigenvalue weighted by atomic mass is 35.5. The summed E-state index contributed by atoms with van der Waals surface area (Å²) in [6.45, 7) is 0. The van der Waals surface area contributed by atoms with Crippen molar-refractivity contribution in [3.8, 4) is 0 Å². The molecule has 1 fully saturated rings. The lowest BCUT2D eigenvalue weighted by molar-refractivity contribution is -0.117. The molecule has 0 bridgehead atoms. The molecule has 20 heavy (non-hydrogen) atoms. The molecule has 1 N–H and O–H groups in total. The largest absolute Gasteiger partial charge is 0.282 e. The predicted octanol–water partition coefficient (Wildman–Crippen LogP) is 2.86. The maximum atomic E-state index is 12.3. The average molecular weight is 305 g/mol. The van der Waals surface area contributed by atoms with Crippen LogP contribution < -0.4 is 10.4 Å². The van der Waals surface area contributed by atoms with Crippen molar-refractivity contribution in [1.82, 2.24) is 5.43 Å². The number of hydrogen-bond acceptors (Lipinski definition) is 3. The van der Waals surface area contributed by atoms with Crippen molar-refractivity contribution in [2.24, 2.45) is 0 Å². The minimum atomic E-state index is -0.414. The molecule has 4 nitrogen and oxygen atoms in total. The number of nitrogens with zero attached hydrogens (tertiary/aromatic N) is 1. The molecule has 2 aromatic rings. The summed E-state index contributed by atoms with van der Waals surface area (Å²) in [5.41, 5.74) is 3.18. The first-order valence-corrected chi connectivity index (χ1v) is 7.07. The summed E-state index contributed by atoms with van der Waals surface area (Å²) in [5, 5.41) is 3.59. The molecule has 0 unspecified atom stereocenters. The van der Waals surface area contributed by atoms with Gasteiger partial charge in [0.05, 0.1) is 5.69 Å². The topological polar surface area (TPSA) is 49.4 Å². The van der Waals surface area contributed by atoms with E-state index in [9.17, 15) is 9.59 Å². The summed E-state index contributed by atoms with van der Waals surface area (Å²) in [7, 11) is 0. The van der Waals surface area contributed by atoms with Gasteiger partial charge in [-0.2, -0.15) is 0 Å². The fourth-order valence-corrected chi connectivity index (χ4v) is 2.71. The summed E-state index contributed by atoms with van der Waals surface area (Å²) >= 11 is 7.36. The standard InChI is InChI=1S/C14H9ClN2O2S/c15-9-3-1-4-10(7-9)17-14(19)12(13(18)16-17)8-11-5-2-6-20-11/h1-8H,(H,16,18)/b12-8+. The number of thiophene rings is 1. The van der Waals surface area contributed by atoms with Gasteiger partial charge >= 0.3 is 0 Å². The third-order valence-electron chi connectivity index (χ3n) is 2.79. The molecular formula is C14H9ClN2O2S. The van der Waals surface area contributed by atoms with Crippen LogP contribution in [0.2, 0.25) is 5.02 Å². The second-order valence-corrected chi connectivity index (χ2v) is 5.55. The number of hydrazine groups is 1. The number of hydrogen-bond donors (Lipinski definition) is 1. The van der Waals surface area contributed by atoms with E-state index < -0.39 is 5.91 Å². The summed E-state index contributed by atoms with van der Waals surface area (Å²) in [4.78, 5) is 25.1. The Labute approximate surface area is 124 Å². The number of benzene rings is 1. The van der Waals surface area contributed by atoms with E-state index in [0.29, 0.717) is 10.7 Å². The van der Waals surface area contributed by atoms with Gasteiger partial charge in [0.1, 0.15) is 5.57 Å². The maximum absolute atomic E-state index is 12.3. The van der Waals surface area contributed by atoms with Crippen molar-refractivity contribution in [2.75, 3.05) is 5.01 Å². The normalized spacial score (nSPS) is 16.9. The summed E-state index contributed by atoms with van der Waals surface area (Å²) in [6, 6.07) is 10.5. The van der Waals surface area contributed by atoms with E-state index in [1.807, 2.05) is 17.5 Å². The molecule has 1 aromatic heterocycles. The van der Waals surface area contributed by atoms with Gasteiger partial charge in [0, 0.05) is 9.90 Å². The molecule has 100 valence electrons. The molecule has 0 aliphatic carbocycles. The molecular weight excluding hydrogens is 296 g/mol. The molecule has 2 amide bonds.